The Morgan fingerprint density at radius 2 is 2.20 bits per heavy atom. The van der Waals surface area contributed by atoms with E-state index in [1.54, 1.807) is 4.90 Å². The molecule has 1 saturated heterocycles. The largest absolute Gasteiger partial charge is 0.394 e. The lowest BCUT2D eigenvalue weighted by Gasteiger charge is -2.23. The van der Waals surface area contributed by atoms with Crippen LogP contribution in [0, 0.1) is 5.95 Å². The van der Waals surface area contributed by atoms with Gasteiger partial charge in [0.05, 0.1) is 18.8 Å². The van der Waals surface area contributed by atoms with Crippen molar-refractivity contribution in [2.75, 3.05) is 18.1 Å². The third-order valence-corrected chi connectivity index (χ3v) is 2.51. The molecule has 2 heterocycles. The van der Waals surface area contributed by atoms with Gasteiger partial charge in [0.2, 0.25) is 0 Å². The summed E-state index contributed by atoms with van der Waals surface area (Å²) in [7, 11) is 0. The van der Waals surface area contributed by atoms with Gasteiger partial charge in [-0.25, -0.2) is 9.97 Å². The van der Waals surface area contributed by atoms with Crippen molar-refractivity contribution in [1.29, 1.82) is 0 Å². The molecule has 1 fully saturated rings. The van der Waals surface area contributed by atoms with Gasteiger partial charge in [0.15, 0.2) is 5.82 Å². The molecule has 1 aromatic heterocycles. The standard InChI is InChI=1S/C9H12FN3O2/c10-8-9(12-2-1-11-8)13-4-7(15)3-6(13)5-14/h1-2,6-7,14-15H,3-5H2. The Morgan fingerprint density at radius 1 is 1.47 bits per heavy atom. The minimum atomic E-state index is -0.676. The van der Waals surface area contributed by atoms with Gasteiger partial charge < -0.3 is 15.1 Å². The van der Waals surface area contributed by atoms with Gasteiger partial charge in [-0.3, -0.25) is 0 Å². The monoisotopic (exact) mass is 213 g/mol. The van der Waals surface area contributed by atoms with E-state index in [9.17, 15) is 9.50 Å². The lowest BCUT2D eigenvalue weighted by molar-refractivity contribution is 0.184. The van der Waals surface area contributed by atoms with Crippen molar-refractivity contribution >= 4 is 5.82 Å². The number of hydrogen-bond donors (Lipinski definition) is 2. The molecule has 5 nitrogen and oxygen atoms in total. The zero-order valence-electron chi connectivity index (χ0n) is 8.04. The molecule has 0 saturated carbocycles. The van der Waals surface area contributed by atoms with E-state index >= 15 is 0 Å². The molecular formula is C9H12FN3O2. The number of halogens is 1. The zero-order valence-corrected chi connectivity index (χ0v) is 8.04. The molecule has 82 valence electrons. The van der Waals surface area contributed by atoms with Crippen molar-refractivity contribution in [3.8, 4) is 0 Å². The van der Waals surface area contributed by atoms with E-state index in [2.05, 4.69) is 9.97 Å². The fraction of sp³-hybridized carbons (Fsp3) is 0.556. The van der Waals surface area contributed by atoms with Gasteiger partial charge in [-0.05, 0) is 6.42 Å². The molecule has 0 aromatic carbocycles. The smallest absolute Gasteiger partial charge is 0.255 e. The van der Waals surface area contributed by atoms with Crippen LogP contribution in [0.2, 0.25) is 0 Å². The van der Waals surface area contributed by atoms with Crippen LogP contribution in [0.25, 0.3) is 0 Å². The number of anilines is 1. The second kappa shape index (κ2) is 4.08. The van der Waals surface area contributed by atoms with Gasteiger partial charge in [0.1, 0.15) is 0 Å². The average Bonchev–Trinajstić information content (AvgIpc) is 2.60. The van der Waals surface area contributed by atoms with Crippen molar-refractivity contribution in [2.45, 2.75) is 18.6 Å². The first kappa shape index (κ1) is 10.3. The van der Waals surface area contributed by atoms with Crippen LogP contribution in [-0.2, 0) is 0 Å². The molecule has 6 heteroatoms. The van der Waals surface area contributed by atoms with E-state index in [0.717, 1.165) is 0 Å². The second-order valence-electron chi connectivity index (χ2n) is 3.55. The van der Waals surface area contributed by atoms with Gasteiger partial charge in [-0.15, -0.1) is 0 Å². The molecule has 2 unspecified atom stereocenters. The lowest BCUT2D eigenvalue weighted by Crippen LogP contribution is -2.34. The van der Waals surface area contributed by atoms with Crippen molar-refractivity contribution in [3.63, 3.8) is 0 Å². The molecule has 2 N–H and O–H groups in total. The van der Waals surface area contributed by atoms with Gasteiger partial charge in [0, 0.05) is 18.9 Å². The van der Waals surface area contributed by atoms with E-state index in [4.69, 9.17) is 5.11 Å². The number of rotatable bonds is 2. The Balaban J connectivity index is 2.26. The molecule has 0 radical (unpaired) electrons. The van der Waals surface area contributed by atoms with Gasteiger partial charge >= 0.3 is 0 Å². The molecule has 0 aliphatic carbocycles. The van der Waals surface area contributed by atoms with Crippen LogP contribution in [0.1, 0.15) is 6.42 Å². The maximum Gasteiger partial charge on any atom is 0.255 e. The quantitative estimate of drug-likeness (QED) is 0.696. The summed E-state index contributed by atoms with van der Waals surface area (Å²) in [5.74, 6) is -0.585. The minimum Gasteiger partial charge on any atom is -0.394 e. The van der Waals surface area contributed by atoms with E-state index in [-0.39, 0.29) is 25.0 Å². The summed E-state index contributed by atoms with van der Waals surface area (Å²) in [6, 6.07) is -0.286. The Morgan fingerprint density at radius 3 is 2.87 bits per heavy atom. The number of aliphatic hydroxyl groups excluding tert-OH is 2. The minimum absolute atomic E-state index is 0.0908. The summed E-state index contributed by atoms with van der Waals surface area (Å²) in [6.45, 7) is 0.147. The summed E-state index contributed by atoms with van der Waals surface area (Å²) >= 11 is 0. The normalized spacial score (nSPS) is 25.9. The van der Waals surface area contributed by atoms with Crippen LogP contribution in [-0.4, -0.2) is 45.5 Å². The Kier molecular flexibility index (Phi) is 2.79. The van der Waals surface area contributed by atoms with Crippen molar-refractivity contribution in [2.24, 2.45) is 0 Å². The maximum atomic E-state index is 13.3. The van der Waals surface area contributed by atoms with Crippen LogP contribution < -0.4 is 4.90 Å². The van der Waals surface area contributed by atoms with Crippen molar-refractivity contribution in [1.82, 2.24) is 9.97 Å². The summed E-state index contributed by atoms with van der Waals surface area (Å²) in [4.78, 5) is 8.89. The van der Waals surface area contributed by atoms with Crippen molar-refractivity contribution < 1.29 is 14.6 Å². The Bertz CT molecular complexity index is 350. The molecule has 15 heavy (non-hydrogen) atoms. The summed E-state index contributed by atoms with van der Waals surface area (Å²) in [5, 5.41) is 18.5. The fourth-order valence-corrected chi connectivity index (χ4v) is 1.83. The van der Waals surface area contributed by atoms with E-state index in [1.165, 1.54) is 12.4 Å². The molecule has 1 aliphatic heterocycles. The third-order valence-electron chi connectivity index (χ3n) is 2.51. The van der Waals surface area contributed by atoms with Crippen LogP contribution in [0.4, 0.5) is 10.2 Å². The third kappa shape index (κ3) is 1.91. The van der Waals surface area contributed by atoms with E-state index in [1.807, 2.05) is 0 Å². The SMILES string of the molecule is OCC1CC(O)CN1c1nccnc1F. The molecular weight excluding hydrogens is 201 g/mol. The van der Waals surface area contributed by atoms with E-state index in [0.29, 0.717) is 6.42 Å². The highest BCUT2D eigenvalue weighted by atomic mass is 19.1. The first-order valence-corrected chi connectivity index (χ1v) is 4.74. The van der Waals surface area contributed by atoms with E-state index < -0.39 is 12.1 Å². The number of nitrogens with zero attached hydrogens (tertiary/aromatic N) is 3. The Hall–Kier alpha value is -1.27. The van der Waals surface area contributed by atoms with Crippen LogP contribution in [0.3, 0.4) is 0 Å². The highest BCUT2D eigenvalue weighted by Crippen LogP contribution is 2.24. The van der Waals surface area contributed by atoms with Crippen LogP contribution in [0.15, 0.2) is 12.4 Å². The molecule has 2 rings (SSSR count). The van der Waals surface area contributed by atoms with Gasteiger partial charge in [-0.1, -0.05) is 0 Å². The highest BCUT2D eigenvalue weighted by molar-refractivity contribution is 5.40. The average molecular weight is 213 g/mol. The predicted molar refractivity (Wildman–Crippen MR) is 50.8 cm³/mol. The molecule has 1 aliphatic rings. The van der Waals surface area contributed by atoms with Gasteiger partial charge in [-0.2, -0.15) is 4.39 Å². The maximum absolute atomic E-state index is 13.3. The zero-order chi connectivity index (χ0) is 10.8. The van der Waals surface area contributed by atoms with Crippen LogP contribution >= 0.6 is 0 Å². The Labute approximate surface area is 86.2 Å². The summed E-state index contributed by atoms with van der Waals surface area (Å²) in [5.41, 5.74) is 0. The number of aliphatic hydroxyl groups is 2. The number of hydrogen-bond acceptors (Lipinski definition) is 5. The van der Waals surface area contributed by atoms with Gasteiger partial charge in [0.25, 0.3) is 5.95 Å². The predicted octanol–water partition coefficient (Wildman–Crippen LogP) is -0.452. The molecule has 0 bridgehead atoms. The summed E-state index contributed by atoms with van der Waals surface area (Å²) in [6.07, 6.45) is 2.52. The van der Waals surface area contributed by atoms with Crippen molar-refractivity contribution in [3.05, 3.63) is 18.3 Å². The highest BCUT2D eigenvalue weighted by Gasteiger charge is 2.32. The second-order valence-corrected chi connectivity index (χ2v) is 3.55. The number of β-amino-alcohol motifs (C(OH)–C–C–N with tert-alkyl or cyclic N) is 1. The fourth-order valence-electron chi connectivity index (χ4n) is 1.83. The molecule has 0 amide bonds. The first-order chi connectivity index (χ1) is 7.22. The molecule has 0 spiro atoms. The molecule has 2 atom stereocenters. The summed E-state index contributed by atoms with van der Waals surface area (Å²) < 4.78 is 13.3. The first-order valence-electron chi connectivity index (χ1n) is 4.74. The lowest BCUT2D eigenvalue weighted by atomic mass is 10.2. The van der Waals surface area contributed by atoms with Crippen LogP contribution in [0.5, 0.6) is 0 Å². The topological polar surface area (TPSA) is 69.5 Å². The molecule has 1 aromatic rings. The number of aromatic nitrogens is 2.